The van der Waals surface area contributed by atoms with Crippen molar-refractivity contribution in [2.24, 2.45) is 0 Å². The lowest BCUT2D eigenvalue weighted by Crippen LogP contribution is -2.22. The minimum atomic E-state index is -0.913. The Hall–Kier alpha value is -2.40. The van der Waals surface area contributed by atoms with Crippen LogP contribution in [0.15, 0.2) is 48.5 Å². The average molecular weight is 302 g/mol. The van der Waals surface area contributed by atoms with Gasteiger partial charge in [0.1, 0.15) is 5.82 Å². The van der Waals surface area contributed by atoms with E-state index in [-0.39, 0.29) is 12.4 Å². The van der Waals surface area contributed by atoms with Crippen molar-refractivity contribution in [2.75, 3.05) is 18.5 Å². The first-order valence-corrected chi connectivity index (χ1v) is 7.02. The second kappa shape index (κ2) is 7.56. The van der Waals surface area contributed by atoms with Gasteiger partial charge in [0.05, 0.1) is 12.2 Å². The fraction of sp³-hybridized carbons (Fsp3) is 0.235. The molecule has 2 aromatic carbocycles. The lowest BCUT2D eigenvalue weighted by molar-refractivity contribution is -0.135. The molecule has 0 amide bonds. The highest BCUT2D eigenvalue weighted by Crippen LogP contribution is 2.21. The summed E-state index contributed by atoms with van der Waals surface area (Å²) < 4.78 is 14.0. The van der Waals surface area contributed by atoms with Crippen molar-refractivity contribution >= 4 is 11.7 Å². The number of aliphatic carboxylic acids is 1. The van der Waals surface area contributed by atoms with E-state index in [9.17, 15) is 9.18 Å². The van der Waals surface area contributed by atoms with Gasteiger partial charge in [-0.25, -0.2) is 4.39 Å². The van der Waals surface area contributed by atoms with Crippen LogP contribution in [0, 0.1) is 5.82 Å². The van der Waals surface area contributed by atoms with Gasteiger partial charge in [-0.05, 0) is 23.3 Å². The fourth-order valence-corrected chi connectivity index (χ4v) is 2.22. The van der Waals surface area contributed by atoms with Gasteiger partial charge in [0.2, 0.25) is 0 Å². The van der Waals surface area contributed by atoms with Gasteiger partial charge < -0.3 is 15.3 Å². The normalized spacial score (nSPS) is 10.5. The molecule has 0 heterocycles. The number of benzene rings is 2. The standard InChI is InChI=1S/C17H19FN2O2/c1-20(12-13-5-3-2-4-6-13)16-9-14(7-8-15(16)18)10-19-11-17(21)22/h2-9,19H,10-12H2,1H3,(H,21,22). The molecule has 2 aromatic rings. The Morgan fingerprint density at radius 3 is 2.59 bits per heavy atom. The molecular formula is C17H19FN2O2. The van der Waals surface area contributed by atoms with Gasteiger partial charge in [-0.3, -0.25) is 4.79 Å². The Morgan fingerprint density at radius 2 is 1.91 bits per heavy atom. The molecule has 0 saturated heterocycles. The molecule has 0 fully saturated rings. The molecule has 0 saturated carbocycles. The molecule has 2 rings (SSSR count). The molecule has 0 aliphatic rings. The van der Waals surface area contributed by atoms with E-state index in [4.69, 9.17) is 5.11 Å². The first-order chi connectivity index (χ1) is 10.6. The quantitative estimate of drug-likeness (QED) is 0.825. The second-order valence-electron chi connectivity index (χ2n) is 5.12. The molecule has 0 spiro atoms. The van der Waals surface area contributed by atoms with Crippen LogP contribution in [0.1, 0.15) is 11.1 Å². The van der Waals surface area contributed by atoms with Gasteiger partial charge in [-0.15, -0.1) is 0 Å². The molecule has 0 aliphatic heterocycles. The summed E-state index contributed by atoms with van der Waals surface area (Å²) in [4.78, 5) is 12.3. The summed E-state index contributed by atoms with van der Waals surface area (Å²) in [7, 11) is 1.83. The van der Waals surface area contributed by atoms with Crippen molar-refractivity contribution < 1.29 is 14.3 Å². The molecule has 0 radical (unpaired) electrons. The minimum absolute atomic E-state index is 0.118. The summed E-state index contributed by atoms with van der Waals surface area (Å²) in [6.45, 7) is 0.870. The van der Waals surface area contributed by atoms with E-state index in [1.54, 1.807) is 12.1 Å². The van der Waals surface area contributed by atoms with Gasteiger partial charge in [0.15, 0.2) is 0 Å². The van der Waals surface area contributed by atoms with Crippen LogP contribution >= 0.6 is 0 Å². The Labute approximate surface area is 129 Å². The molecule has 0 aliphatic carbocycles. The third kappa shape index (κ3) is 4.56. The molecule has 116 valence electrons. The number of carboxylic acid groups (broad SMARTS) is 1. The zero-order chi connectivity index (χ0) is 15.9. The number of rotatable bonds is 7. The number of carboxylic acids is 1. The summed E-state index contributed by atoms with van der Waals surface area (Å²) in [6.07, 6.45) is 0. The van der Waals surface area contributed by atoms with Gasteiger partial charge in [0.25, 0.3) is 0 Å². The average Bonchev–Trinajstić information content (AvgIpc) is 2.49. The number of carbonyl (C=O) groups is 1. The zero-order valence-electron chi connectivity index (χ0n) is 12.4. The summed E-state index contributed by atoms with van der Waals surface area (Å²) in [5, 5.41) is 11.4. The predicted octanol–water partition coefficient (Wildman–Crippen LogP) is 2.64. The van der Waals surface area contributed by atoms with Crippen LogP contribution < -0.4 is 10.2 Å². The predicted molar refractivity (Wildman–Crippen MR) is 84.3 cm³/mol. The van der Waals surface area contributed by atoms with E-state index in [1.165, 1.54) is 6.07 Å². The SMILES string of the molecule is CN(Cc1ccccc1)c1cc(CNCC(=O)O)ccc1F. The lowest BCUT2D eigenvalue weighted by atomic mass is 10.1. The first kappa shape index (κ1) is 16.0. The highest BCUT2D eigenvalue weighted by Gasteiger charge is 2.09. The van der Waals surface area contributed by atoms with Crippen molar-refractivity contribution in [1.82, 2.24) is 5.32 Å². The van der Waals surface area contributed by atoms with Crippen molar-refractivity contribution in [1.29, 1.82) is 0 Å². The Kier molecular flexibility index (Phi) is 5.49. The Morgan fingerprint density at radius 1 is 1.18 bits per heavy atom. The van der Waals surface area contributed by atoms with Crippen LogP contribution in [-0.2, 0) is 17.9 Å². The third-order valence-corrected chi connectivity index (χ3v) is 3.29. The monoisotopic (exact) mass is 302 g/mol. The van der Waals surface area contributed by atoms with E-state index < -0.39 is 5.97 Å². The highest BCUT2D eigenvalue weighted by atomic mass is 19.1. The van der Waals surface area contributed by atoms with Crippen LogP contribution in [-0.4, -0.2) is 24.7 Å². The van der Waals surface area contributed by atoms with E-state index >= 15 is 0 Å². The Bertz CT molecular complexity index is 632. The molecule has 0 aromatic heterocycles. The van der Waals surface area contributed by atoms with Gasteiger partial charge in [-0.2, -0.15) is 0 Å². The van der Waals surface area contributed by atoms with Gasteiger partial charge in [0, 0.05) is 20.1 Å². The summed E-state index contributed by atoms with van der Waals surface area (Å²) in [5.41, 5.74) is 2.44. The molecule has 0 unspecified atom stereocenters. The van der Waals surface area contributed by atoms with Crippen LogP contribution in [0.25, 0.3) is 0 Å². The fourth-order valence-electron chi connectivity index (χ4n) is 2.22. The van der Waals surface area contributed by atoms with Gasteiger partial charge in [-0.1, -0.05) is 36.4 Å². The maximum absolute atomic E-state index is 14.0. The van der Waals surface area contributed by atoms with E-state index in [0.717, 1.165) is 11.1 Å². The zero-order valence-corrected chi connectivity index (χ0v) is 12.4. The molecule has 0 bridgehead atoms. The smallest absolute Gasteiger partial charge is 0.317 e. The first-order valence-electron chi connectivity index (χ1n) is 7.02. The number of hydrogen-bond donors (Lipinski definition) is 2. The maximum atomic E-state index is 14.0. The molecular weight excluding hydrogens is 283 g/mol. The topological polar surface area (TPSA) is 52.6 Å². The molecule has 4 nitrogen and oxygen atoms in total. The van der Waals surface area contributed by atoms with Crippen LogP contribution in [0.4, 0.5) is 10.1 Å². The third-order valence-electron chi connectivity index (χ3n) is 3.29. The maximum Gasteiger partial charge on any atom is 0.317 e. The highest BCUT2D eigenvalue weighted by molar-refractivity contribution is 5.69. The lowest BCUT2D eigenvalue weighted by Gasteiger charge is -2.21. The van der Waals surface area contributed by atoms with Crippen molar-refractivity contribution in [3.05, 3.63) is 65.5 Å². The molecule has 5 heteroatoms. The summed E-state index contributed by atoms with van der Waals surface area (Å²) >= 11 is 0. The molecule has 2 N–H and O–H groups in total. The molecule has 22 heavy (non-hydrogen) atoms. The van der Waals surface area contributed by atoms with Crippen molar-refractivity contribution in [3.8, 4) is 0 Å². The number of nitrogens with one attached hydrogen (secondary N) is 1. The van der Waals surface area contributed by atoms with Crippen LogP contribution in [0.3, 0.4) is 0 Å². The Balaban J connectivity index is 2.07. The summed E-state index contributed by atoms with van der Waals surface area (Å²) in [5.74, 6) is -1.20. The van der Waals surface area contributed by atoms with Crippen molar-refractivity contribution in [3.63, 3.8) is 0 Å². The number of halogens is 1. The summed E-state index contributed by atoms with van der Waals surface area (Å²) in [6, 6.07) is 14.6. The van der Waals surface area contributed by atoms with Gasteiger partial charge >= 0.3 is 5.97 Å². The van der Waals surface area contributed by atoms with Crippen LogP contribution in [0.5, 0.6) is 0 Å². The second-order valence-corrected chi connectivity index (χ2v) is 5.12. The van der Waals surface area contributed by atoms with E-state index in [1.807, 2.05) is 42.3 Å². The minimum Gasteiger partial charge on any atom is -0.480 e. The van der Waals surface area contributed by atoms with Crippen LogP contribution in [0.2, 0.25) is 0 Å². The van der Waals surface area contributed by atoms with E-state index in [0.29, 0.717) is 18.8 Å². The number of nitrogens with zero attached hydrogens (tertiary/aromatic N) is 1. The van der Waals surface area contributed by atoms with E-state index in [2.05, 4.69) is 5.32 Å². The molecule has 0 atom stereocenters. The largest absolute Gasteiger partial charge is 0.480 e. The number of hydrogen-bond acceptors (Lipinski definition) is 3. The van der Waals surface area contributed by atoms with Crippen molar-refractivity contribution in [2.45, 2.75) is 13.1 Å². The number of anilines is 1.